The molecule has 124 valence electrons. The number of rotatable bonds is 5. The molecule has 3 heterocycles. The SMILES string of the molecule is CCn1nccc1C(=O)N1CCC(Cc2nncn2C(C)C)C1. The summed E-state index contributed by atoms with van der Waals surface area (Å²) in [5, 5.41) is 12.5. The van der Waals surface area contributed by atoms with Gasteiger partial charge in [-0.1, -0.05) is 0 Å². The van der Waals surface area contributed by atoms with E-state index in [1.54, 1.807) is 23.3 Å². The number of amides is 1. The first-order valence-corrected chi connectivity index (χ1v) is 8.29. The lowest BCUT2D eigenvalue weighted by molar-refractivity contribution is 0.0774. The predicted octanol–water partition coefficient (Wildman–Crippen LogP) is 1.78. The molecular weight excluding hydrogens is 292 g/mol. The number of aryl methyl sites for hydroxylation is 1. The second-order valence-corrected chi connectivity index (χ2v) is 6.39. The Bertz CT molecular complexity index is 674. The summed E-state index contributed by atoms with van der Waals surface area (Å²) in [6, 6.07) is 2.16. The smallest absolute Gasteiger partial charge is 0.272 e. The van der Waals surface area contributed by atoms with E-state index in [0.717, 1.165) is 31.8 Å². The molecule has 0 N–H and O–H groups in total. The van der Waals surface area contributed by atoms with E-state index < -0.39 is 0 Å². The van der Waals surface area contributed by atoms with E-state index in [1.165, 1.54) is 0 Å². The third-order valence-electron chi connectivity index (χ3n) is 4.48. The van der Waals surface area contributed by atoms with Gasteiger partial charge in [0.05, 0.1) is 0 Å². The lowest BCUT2D eigenvalue weighted by atomic mass is 10.0. The number of carbonyl (C=O) groups is 1. The molecule has 1 amide bonds. The van der Waals surface area contributed by atoms with Crippen LogP contribution in [0.1, 0.15) is 49.5 Å². The van der Waals surface area contributed by atoms with Crippen LogP contribution in [0.3, 0.4) is 0 Å². The van der Waals surface area contributed by atoms with Crippen molar-refractivity contribution in [3.63, 3.8) is 0 Å². The first-order valence-electron chi connectivity index (χ1n) is 8.29. The van der Waals surface area contributed by atoms with E-state index in [-0.39, 0.29) is 5.91 Å². The third kappa shape index (κ3) is 3.13. The average Bonchev–Trinajstić information content (AvgIpc) is 3.26. The highest BCUT2D eigenvalue weighted by Gasteiger charge is 2.29. The summed E-state index contributed by atoms with van der Waals surface area (Å²) in [7, 11) is 0. The van der Waals surface area contributed by atoms with Gasteiger partial charge in [0.15, 0.2) is 0 Å². The normalized spacial score (nSPS) is 18.1. The van der Waals surface area contributed by atoms with Gasteiger partial charge >= 0.3 is 0 Å². The molecule has 0 spiro atoms. The van der Waals surface area contributed by atoms with Gasteiger partial charge in [-0.25, -0.2) is 0 Å². The number of hydrogen-bond donors (Lipinski definition) is 0. The molecule has 23 heavy (non-hydrogen) atoms. The van der Waals surface area contributed by atoms with Crippen LogP contribution in [0.25, 0.3) is 0 Å². The zero-order valence-corrected chi connectivity index (χ0v) is 14.0. The zero-order valence-electron chi connectivity index (χ0n) is 14.0. The minimum Gasteiger partial charge on any atom is -0.337 e. The molecule has 3 rings (SSSR count). The Morgan fingerprint density at radius 3 is 3.00 bits per heavy atom. The molecule has 7 nitrogen and oxygen atoms in total. The highest BCUT2D eigenvalue weighted by atomic mass is 16.2. The van der Waals surface area contributed by atoms with Gasteiger partial charge in [0, 0.05) is 38.3 Å². The molecular formula is C16H24N6O. The van der Waals surface area contributed by atoms with Crippen LogP contribution in [0.2, 0.25) is 0 Å². The number of nitrogens with zero attached hydrogens (tertiary/aromatic N) is 6. The first kappa shape index (κ1) is 15.7. The van der Waals surface area contributed by atoms with Crippen molar-refractivity contribution in [1.29, 1.82) is 0 Å². The van der Waals surface area contributed by atoms with Crippen molar-refractivity contribution in [3.05, 3.63) is 30.1 Å². The fraction of sp³-hybridized carbons (Fsp3) is 0.625. The number of hydrogen-bond acceptors (Lipinski definition) is 4. The summed E-state index contributed by atoms with van der Waals surface area (Å²) in [6.07, 6.45) is 5.36. The molecule has 1 aliphatic heterocycles. The van der Waals surface area contributed by atoms with Crippen LogP contribution in [0, 0.1) is 5.92 Å². The number of aromatic nitrogens is 5. The monoisotopic (exact) mass is 316 g/mol. The standard InChI is InChI=1S/C16H24N6O/c1-4-22-14(5-7-18-22)16(23)20-8-6-13(10-20)9-15-19-17-11-21(15)12(2)3/h5,7,11-13H,4,6,8-10H2,1-3H3. The van der Waals surface area contributed by atoms with Gasteiger partial charge in [-0.3, -0.25) is 9.48 Å². The molecule has 0 saturated carbocycles. The molecule has 1 unspecified atom stereocenters. The summed E-state index contributed by atoms with van der Waals surface area (Å²) >= 11 is 0. The maximum Gasteiger partial charge on any atom is 0.272 e. The van der Waals surface area contributed by atoms with Crippen molar-refractivity contribution in [3.8, 4) is 0 Å². The molecule has 0 bridgehead atoms. The molecule has 2 aromatic heterocycles. The van der Waals surface area contributed by atoms with E-state index in [9.17, 15) is 4.79 Å². The summed E-state index contributed by atoms with van der Waals surface area (Å²) in [5.74, 6) is 1.54. The second-order valence-electron chi connectivity index (χ2n) is 6.39. The summed E-state index contributed by atoms with van der Waals surface area (Å²) in [6.45, 7) is 8.54. The first-order chi connectivity index (χ1) is 11.1. The van der Waals surface area contributed by atoms with Crippen molar-refractivity contribution < 1.29 is 4.79 Å². The van der Waals surface area contributed by atoms with Gasteiger partial charge in [0.1, 0.15) is 17.8 Å². The van der Waals surface area contributed by atoms with Gasteiger partial charge in [0.2, 0.25) is 0 Å². The van der Waals surface area contributed by atoms with E-state index in [1.807, 2.05) is 11.8 Å². The number of likely N-dealkylation sites (tertiary alicyclic amines) is 1. The molecule has 0 aliphatic carbocycles. The highest BCUT2D eigenvalue weighted by molar-refractivity contribution is 5.92. The van der Waals surface area contributed by atoms with Crippen LogP contribution in [-0.2, 0) is 13.0 Å². The predicted molar refractivity (Wildman–Crippen MR) is 86.0 cm³/mol. The van der Waals surface area contributed by atoms with Gasteiger partial charge in [0.25, 0.3) is 5.91 Å². The molecule has 1 atom stereocenters. The van der Waals surface area contributed by atoms with Crippen molar-refractivity contribution in [1.82, 2.24) is 29.4 Å². The third-order valence-corrected chi connectivity index (χ3v) is 4.48. The Kier molecular flexibility index (Phi) is 4.45. The molecule has 2 aromatic rings. The molecule has 0 radical (unpaired) electrons. The Morgan fingerprint density at radius 2 is 2.26 bits per heavy atom. The van der Waals surface area contributed by atoms with E-state index in [2.05, 4.69) is 33.7 Å². The Labute approximate surface area is 136 Å². The maximum atomic E-state index is 12.6. The van der Waals surface area contributed by atoms with Crippen molar-refractivity contribution in [2.45, 2.75) is 46.2 Å². The minimum atomic E-state index is 0.0807. The largest absolute Gasteiger partial charge is 0.337 e. The van der Waals surface area contributed by atoms with Crippen LogP contribution < -0.4 is 0 Å². The fourth-order valence-corrected chi connectivity index (χ4v) is 3.21. The second kappa shape index (κ2) is 6.52. The van der Waals surface area contributed by atoms with Crippen LogP contribution in [0.5, 0.6) is 0 Å². The lowest BCUT2D eigenvalue weighted by Gasteiger charge is -2.17. The summed E-state index contributed by atoms with van der Waals surface area (Å²) in [4.78, 5) is 14.6. The van der Waals surface area contributed by atoms with Crippen LogP contribution in [0.15, 0.2) is 18.6 Å². The molecule has 1 fully saturated rings. The minimum absolute atomic E-state index is 0.0807. The van der Waals surface area contributed by atoms with E-state index >= 15 is 0 Å². The molecule has 0 aromatic carbocycles. The molecule has 7 heteroatoms. The van der Waals surface area contributed by atoms with Crippen molar-refractivity contribution >= 4 is 5.91 Å². The van der Waals surface area contributed by atoms with Crippen molar-refractivity contribution in [2.24, 2.45) is 5.92 Å². The van der Waals surface area contributed by atoms with Crippen molar-refractivity contribution in [2.75, 3.05) is 13.1 Å². The van der Waals surface area contributed by atoms with Crippen LogP contribution >= 0.6 is 0 Å². The average molecular weight is 316 g/mol. The topological polar surface area (TPSA) is 68.8 Å². The van der Waals surface area contributed by atoms with E-state index in [0.29, 0.717) is 24.2 Å². The fourth-order valence-electron chi connectivity index (χ4n) is 3.21. The molecule has 1 saturated heterocycles. The van der Waals surface area contributed by atoms with Gasteiger partial charge in [-0.05, 0) is 39.2 Å². The van der Waals surface area contributed by atoms with E-state index in [4.69, 9.17) is 0 Å². The van der Waals surface area contributed by atoms with Crippen LogP contribution in [0.4, 0.5) is 0 Å². The zero-order chi connectivity index (χ0) is 16.4. The van der Waals surface area contributed by atoms with Gasteiger partial charge in [-0.15, -0.1) is 10.2 Å². The Morgan fingerprint density at radius 1 is 1.43 bits per heavy atom. The maximum absolute atomic E-state index is 12.6. The lowest BCUT2D eigenvalue weighted by Crippen LogP contribution is -2.31. The molecule has 1 aliphatic rings. The Balaban J connectivity index is 1.64. The van der Waals surface area contributed by atoms with Gasteiger partial charge in [-0.2, -0.15) is 5.10 Å². The highest BCUT2D eigenvalue weighted by Crippen LogP contribution is 2.22. The van der Waals surface area contributed by atoms with Gasteiger partial charge < -0.3 is 9.47 Å². The quantitative estimate of drug-likeness (QED) is 0.843. The number of carbonyl (C=O) groups excluding carboxylic acids is 1. The van der Waals surface area contributed by atoms with Crippen LogP contribution in [-0.4, -0.2) is 48.4 Å². The summed E-state index contributed by atoms with van der Waals surface area (Å²) < 4.78 is 3.86. The Hall–Kier alpha value is -2.18. The summed E-state index contributed by atoms with van der Waals surface area (Å²) in [5.41, 5.74) is 0.679.